The van der Waals surface area contributed by atoms with E-state index in [-0.39, 0.29) is 18.1 Å². The molecule has 0 saturated carbocycles. The molecular formula is C12H13ClN4O2. The van der Waals surface area contributed by atoms with Gasteiger partial charge in [0, 0.05) is 11.6 Å². The summed E-state index contributed by atoms with van der Waals surface area (Å²) in [6, 6.07) is 6.59. The summed E-state index contributed by atoms with van der Waals surface area (Å²) in [5, 5.41) is 0.455. The van der Waals surface area contributed by atoms with E-state index in [1.165, 1.54) is 4.57 Å². The molecule has 1 heterocycles. The minimum absolute atomic E-state index is 0.0815. The van der Waals surface area contributed by atoms with E-state index in [9.17, 15) is 9.59 Å². The molecule has 2 aromatic rings. The maximum atomic E-state index is 12.3. The Kier molecular flexibility index (Phi) is 3.35. The average Bonchev–Trinajstić information content (AvgIpc) is 2.37. The molecular weight excluding hydrogens is 268 g/mol. The molecule has 0 amide bonds. The van der Waals surface area contributed by atoms with Gasteiger partial charge in [0.1, 0.15) is 11.5 Å². The minimum Gasteiger partial charge on any atom is -0.391 e. The Balaban J connectivity index is 2.89. The summed E-state index contributed by atoms with van der Waals surface area (Å²) in [4.78, 5) is 24.1. The van der Waals surface area contributed by atoms with Crippen molar-refractivity contribution in [2.75, 3.05) is 11.5 Å². The smallest absolute Gasteiger partial charge is 0.337 e. The van der Waals surface area contributed by atoms with Crippen molar-refractivity contribution in [3.8, 4) is 5.69 Å². The van der Waals surface area contributed by atoms with Crippen LogP contribution in [0.3, 0.4) is 0 Å². The molecule has 0 unspecified atom stereocenters. The number of hydrogen-bond donors (Lipinski definition) is 2. The van der Waals surface area contributed by atoms with Gasteiger partial charge in [-0.15, -0.1) is 0 Å². The number of halogens is 1. The Morgan fingerprint density at radius 1 is 1.26 bits per heavy atom. The van der Waals surface area contributed by atoms with Gasteiger partial charge in [-0.3, -0.25) is 9.36 Å². The highest BCUT2D eigenvalue weighted by Crippen LogP contribution is 2.17. The zero-order chi connectivity index (χ0) is 14.2. The van der Waals surface area contributed by atoms with Crippen LogP contribution in [0, 0.1) is 0 Å². The first-order valence-electron chi connectivity index (χ1n) is 5.64. The first-order chi connectivity index (χ1) is 8.97. The fourth-order valence-corrected chi connectivity index (χ4v) is 2.01. The van der Waals surface area contributed by atoms with Crippen LogP contribution in [-0.2, 0) is 6.54 Å². The third-order valence-corrected chi connectivity index (χ3v) is 3.03. The Labute approximate surface area is 113 Å². The quantitative estimate of drug-likeness (QED) is 0.852. The average molecular weight is 281 g/mol. The molecule has 0 fully saturated rings. The van der Waals surface area contributed by atoms with Gasteiger partial charge in [-0.2, -0.15) is 0 Å². The maximum absolute atomic E-state index is 12.3. The van der Waals surface area contributed by atoms with Crippen molar-refractivity contribution in [2.45, 2.75) is 13.5 Å². The van der Waals surface area contributed by atoms with Gasteiger partial charge in [0.25, 0.3) is 5.56 Å². The van der Waals surface area contributed by atoms with Gasteiger partial charge in [0.05, 0.1) is 5.69 Å². The number of nitrogens with zero attached hydrogens (tertiary/aromatic N) is 2. The number of aromatic nitrogens is 2. The van der Waals surface area contributed by atoms with Crippen LogP contribution in [0.15, 0.2) is 33.9 Å². The van der Waals surface area contributed by atoms with Gasteiger partial charge < -0.3 is 11.5 Å². The lowest BCUT2D eigenvalue weighted by atomic mass is 10.3. The molecule has 2 rings (SSSR count). The Morgan fingerprint density at radius 3 is 2.53 bits per heavy atom. The molecule has 0 bridgehead atoms. The highest BCUT2D eigenvalue weighted by atomic mass is 35.5. The summed E-state index contributed by atoms with van der Waals surface area (Å²) in [5.74, 6) is -0.0815. The second-order valence-corrected chi connectivity index (χ2v) is 4.38. The molecule has 100 valence electrons. The number of rotatable bonds is 2. The normalized spacial score (nSPS) is 10.6. The van der Waals surface area contributed by atoms with E-state index < -0.39 is 11.2 Å². The third-order valence-electron chi connectivity index (χ3n) is 2.80. The van der Waals surface area contributed by atoms with Crippen molar-refractivity contribution in [1.82, 2.24) is 9.13 Å². The molecule has 6 nitrogen and oxygen atoms in total. The third kappa shape index (κ3) is 2.10. The highest BCUT2D eigenvalue weighted by Gasteiger charge is 2.15. The maximum Gasteiger partial charge on any atom is 0.337 e. The molecule has 0 saturated heterocycles. The van der Waals surface area contributed by atoms with Gasteiger partial charge in [0.15, 0.2) is 0 Å². The van der Waals surface area contributed by atoms with E-state index in [0.29, 0.717) is 10.7 Å². The number of nitrogens with two attached hydrogens (primary N) is 2. The molecule has 4 N–H and O–H groups in total. The predicted octanol–water partition coefficient (Wildman–Crippen LogP) is 0.837. The van der Waals surface area contributed by atoms with E-state index in [4.69, 9.17) is 23.1 Å². The van der Waals surface area contributed by atoms with Crippen LogP contribution < -0.4 is 22.7 Å². The van der Waals surface area contributed by atoms with Crippen LogP contribution in [0.1, 0.15) is 6.92 Å². The minimum atomic E-state index is -0.580. The molecule has 0 aliphatic carbocycles. The van der Waals surface area contributed by atoms with Gasteiger partial charge >= 0.3 is 5.69 Å². The number of benzene rings is 1. The summed E-state index contributed by atoms with van der Waals surface area (Å²) in [7, 11) is 0. The van der Waals surface area contributed by atoms with Crippen LogP contribution in [-0.4, -0.2) is 9.13 Å². The van der Waals surface area contributed by atoms with Crippen molar-refractivity contribution in [2.24, 2.45) is 0 Å². The fourth-order valence-electron chi connectivity index (χ4n) is 1.83. The van der Waals surface area contributed by atoms with Gasteiger partial charge in [-0.05, 0) is 25.1 Å². The Hall–Kier alpha value is -2.21. The molecule has 0 spiro atoms. The van der Waals surface area contributed by atoms with E-state index in [1.54, 1.807) is 31.2 Å². The van der Waals surface area contributed by atoms with Crippen LogP contribution in [0.2, 0.25) is 5.02 Å². The van der Waals surface area contributed by atoms with E-state index in [0.717, 1.165) is 4.57 Å². The zero-order valence-corrected chi connectivity index (χ0v) is 11.0. The van der Waals surface area contributed by atoms with Crippen molar-refractivity contribution < 1.29 is 0 Å². The van der Waals surface area contributed by atoms with Gasteiger partial charge in [-0.1, -0.05) is 17.7 Å². The standard InChI is InChI=1S/C12H13ClN4O2/c1-2-16-11(18)9(14)10(15)17(12(16)19)8-5-3-4-7(13)6-8/h3-6H,2,14-15H2,1H3. The lowest BCUT2D eigenvalue weighted by molar-refractivity contribution is 0.653. The monoisotopic (exact) mass is 280 g/mol. The highest BCUT2D eigenvalue weighted by molar-refractivity contribution is 6.30. The molecule has 7 heteroatoms. The van der Waals surface area contributed by atoms with Crippen LogP contribution >= 0.6 is 11.6 Å². The SMILES string of the molecule is CCn1c(=O)c(N)c(N)n(-c2cccc(Cl)c2)c1=O. The molecule has 1 aromatic heterocycles. The Morgan fingerprint density at radius 2 is 1.95 bits per heavy atom. The number of hydrogen-bond acceptors (Lipinski definition) is 4. The number of anilines is 2. The number of nitrogen functional groups attached to an aromatic ring is 2. The molecule has 0 aliphatic heterocycles. The van der Waals surface area contributed by atoms with Crippen molar-refractivity contribution >= 4 is 23.1 Å². The zero-order valence-electron chi connectivity index (χ0n) is 10.3. The fraction of sp³-hybridized carbons (Fsp3) is 0.167. The summed E-state index contributed by atoms with van der Waals surface area (Å²) in [6.45, 7) is 1.89. The first-order valence-corrected chi connectivity index (χ1v) is 6.02. The van der Waals surface area contributed by atoms with Crippen molar-refractivity contribution in [3.63, 3.8) is 0 Å². The first kappa shape index (κ1) is 13.2. The van der Waals surface area contributed by atoms with E-state index >= 15 is 0 Å². The van der Waals surface area contributed by atoms with Gasteiger partial charge in [-0.25, -0.2) is 9.36 Å². The van der Waals surface area contributed by atoms with Crippen molar-refractivity contribution in [3.05, 3.63) is 50.1 Å². The summed E-state index contributed by atoms with van der Waals surface area (Å²) < 4.78 is 2.19. The lowest BCUT2D eigenvalue weighted by Crippen LogP contribution is -2.41. The molecule has 0 radical (unpaired) electrons. The van der Waals surface area contributed by atoms with Crippen LogP contribution in [0.25, 0.3) is 5.69 Å². The van der Waals surface area contributed by atoms with Crippen LogP contribution in [0.4, 0.5) is 11.5 Å². The van der Waals surface area contributed by atoms with Crippen LogP contribution in [0.5, 0.6) is 0 Å². The van der Waals surface area contributed by atoms with E-state index in [1.807, 2.05) is 0 Å². The summed E-state index contributed by atoms with van der Waals surface area (Å²) >= 11 is 5.89. The van der Waals surface area contributed by atoms with Crippen molar-refractivity contribution in [1.29, 1.82) is 0 Å². The summed E-state index contributed by atoms with van der Waals surface area (Å²) in [6.07, 6.45) is 0. The molecule has 19 heavy (non-hydrogen) atoms. The lowest BCUT2D eigenvalue weighted by Gasteiger charge is -2.14. The molecule has 0 atom stereocenters. The predicted molar refractivity (Wildman–Crippen MR) is 75.8 cm³/mol. The van der Waals surface area contributed by atoms with Gasteiger partial charge in [0.2, 0.25) is 0 Å². The second-order valence-electron chi connectivity index (χ2n) is 3.95. The Bertz CT molecular complexity index is 748. The van der Waals surface area contributed by atoms with E-state index in [2.05, 4.69) is 0 Å². The molecule has 1 aromatic carbocycles. The molecule has 0 aliphatic rings. The second kappa shape index (κ2) is 4.81. The summed E-state index contributed by atoms with van der Waals surface area (Å²) in [5.41, 5.74) is 10.6. The topological polar surface area (TPSA) is 96.0 Å². The largest absolute Gasteiger partial charge is 0.391 e.